The van der Waals surface area contributed by atoms with E-state index in [1.165, 1.54) is 140 Å². The average molecular weight is 461 g/mol. The molecule has 0 aromatic heterocycles. The first-order chi connectivity index (χ1) is 16.3. The fourth-order valence-electron chi connectivity index (χ4n) is 4.77. The molecule has 0 aliphatic carbocycles. The molecule has 0 amide bonds. The SMILES string of the molecule is CCCCCCCCCCCCCCCCCCCCCCCc1cc(OC)cc(OC)c1. The zero-order valence-electron chi connectivity index (χ0n) is 22.6. The van der Waals surface area contributed by atoms with Gasteiger partial charge in [0, 0.05) is 6.07 Å². The Labute approximate surface area is 207 Å². The highest BCUT2D eigenvalue weighted by Gasteiger charge is 2.02. The average Bonchev–Trinajstić information content (AvgIpc) is 2.84. The maximum Gasteiger partial charge on any atom is 0.122 e. The van der Waals surface area contributed by atoms with E-state index in [2.05, 4.69) is 19.1 Å². The molecule has 0 spiro atoms. The van der Waals surface area contributed by atoms with Gasteiger partial charge in [-0.2, -0.15) is 0 Å². The van der Waals surface area contributed by atoms with Gasteiger partial charge in [0.1, 0.15) is 11.5 Å². The molecule has 0 aliphatic heterocycles. The number of ether oxygens (including phenoxy) is 2. The Morgan fingerprint density at radius 2 is 0.727 bits per heavy atom. The van der Waals surface area contributed by atoms with Crippen molar-refractivity contribution >= 4 is 0 Å². The van der Waals surface area contributed by atoms with E-state index in [0.29, 0.717) is 0 Å². The van der Waals surface area contributed by atoms with Crippen LogP contribution in [-0.4, -0.2) is 14.2 Å². The maximum atomic E-state index is 5.37. The molecular formula is C31H56O2. The summed E-state index contributed by atoms with van der Waals surface area (Å²) in [5, 5.41) is 0. The molecule has 0 heterocycles. The fourth-order valence-corrected chi connectivity index (χ4v) is 4.77. The lowest BCUT2D eigenvalue weighted by Crippen LogP contribution is -1.92. The molecule has 0 atom stereocenters. The van der Waals surface area contributed by atoms with Crippen molar-refractivity contribution in [3.63, 3.8) is 0 Å². The molecule has 1 rings (SSSR count). The van der Waals surface area contributed by atoms with Crippen molar-refractivity contribution in [2.24, 2.45) is 0 Å². The van der Waals surface area contributed by atoms with Crippen molar-refractivity contribution < 1.29 is 9.47 Å². The minimum absolute atomic E-state index is 0.896. The highest BCUT2D eigenvalue weighted by molar-refractivity contribution is 5.38. The lowest BCUT2D eigenvalue weighted by molar-refractivity contribution is 0.393. The van der Waals surface area contributed by atoms with Crippen LogP contribution in [0.15, 0.2) is 18.2 Å². The number of unbranched alkanes of at least 4 members (excludes halogenated alkanes) is 20. The number of hydrogen-bond donors (Lipinski definition) is 0. The van der Waals surface area contributed by atoms with Crippen LogP contribution in [-0.2, 0) is 6.42 Å². The lowest BCUT2D eigenvalue weighted by atomic mass is 10.0. The van der Waals surface area contributed by atoms with Gasteiger partial charge in [-0.15, -0.1) is 0 Å². The van der Waals surface area contributed by atoms with Crippen LogP contribution >= 0.6 is 0 Å². The standard InChI is InChI=1S/C31H56O2/c1-4-5-6-7-8-9-10-11-12-13-14-15-16-17-18-19-20-21-22-23-24-25-29-26-30(32-2)28-31(27-29)33-3/h26-28H,4-25H2,1-3H3. The van der Waals surface area contributed by atoms with Crippen LogP contribution < -0.4 is 9.47 Å². The molecule has 0 bridgehead atoms. The molecule has 1 aromatic carbocycles. The summed E-state index contributed by atoms with van der Waals surface area (Å²) in [6.45, 7) is 2.30. The predicted molar refractivity (Wildman–Crippen MR) is 146 cm³/mol. The van der Waals surface area contributed by atoms with Crippen molar-refractivity contribution in [2.45, 2.75) is 148 Å². The van der Waals surface area contributed by atoms with Crippen LogP contribution in [0.4, 0.5) is 0 Å². The van der Waals surface area contributed by atoms with E-state index in [1.807, 2.05) is 6.07 Å². The van der Waals surface area contributed by atoms with Crippen LogP contribution in [0, 0.1) is 0 Å². The second-order valence-electron chi connectivity index (χ2n) is 10.0. The second-order valence-corrected chi connectivity index (χ2v) is 10.0. The first-order valence-electron chi connectivity index (χ1n) is 14.5. The van der Waals surface area contributed by atoms with E-state index in [4.69, 9.17) is 9.47 Å². The van der Waals surface area contributed by atoms with Crippen LogP contribution in [0.5, 0.6) is 11.5 Å². The normalized spacial score (nSPS) is 11.1. The maximum absolute atomic E-state index is 5.37. The molecule has 0 aliphatic rings. The minimum Gasteiger partial charge on any atom is -0.497 e. The largest absolute Gasteiger partial charge is 0.497 e. The van der Waals surface area contributed by atoms with E-state index in [1.54, 1.807) is 14.2 Å². The van der Waals surface area contributed by atoms with Gasteiger partial charge >= 0.3 is 0 Å². The van der Waals surface area contributed by atoms with Gasteiger partial charge in [0.25, 0.3) is 0 Å². The topological polar surface area (TPSA) is 18.5 Å². The van der Waals surface area contributed by atoms with Crippen molar-refractivity contribution in [1.29, 1.82) is 0 Å². The summed E-state index contributed by atoms with van der Waals surface area (Å²) >= 11 is 0. The zero-order valence-corrected chi connectivity index (χ0v) is 22.6. The summed E-state index contributed by atoms with van der Waals surface area (Å²) in [4.78, 5) is 0. The van der Waals surface area contributed by atoms with Gasteiger partial charge in [-0.1, -0.05) is 135 Å². The van der Waals surface area contributed by atoms with Gasteiger partial charge in [-0.25, -0.2) is 0 Å². The van der Waals surface area contributed by atoms with Crippen molar-refractivity contribution in [3.05, 3.63) is 23.8 Å². The molecule has 0 fully saturated rings. The molecular weight excluding hydrogens is 404 g/mol. The summed E-state index contributed by atoms with van der Waals surface area (Å²) in [6.07, 6.45) is 31.2. The van der Waals surface area contributed by atoms with Crippen molar-refractivity contribution in [2.75, 3.05) is 14.2 Å². The predicted octanol–water partition coefficient (Wildman–Crippen LogP) is 10.5. The van der Waals surface area contributed by atoms with Gasteiger partial charge in [-0.3, -0.25) is 0 Å². The Bertz CT molecular complexity index is 517. The van der Waals surface area contributed by atoms with Gasteiger partial charge in [0.15, 0.2) is 0 Å². The summed E-state index contributed by atoms with van der Waals surface area (Å²) in [5.41, 5.74) is 1.32. The van der Waals surface area contributed by atoms with Crippen LogP contribution in [0.3, 0.4) is 0 Å². The van der Waals surface area contributed by atoms with Crippen LogP contribution in [0.2, 0.25) is 0 Å². The first kappa shape index (κ1) is 29.9. The van der Waals surface area contributed by atoms with Gasteiger partial charge in [0.05, 0.1) is 14.2 Å². The third kappa shape index (κ3) is 17.9. The smallest absolute Gasteiger partial charge is 0.122 e. The number of rotatable bonds is 24. The van der Waals surface area contributed by atoms with Gasteiger partial charge < -0.3 is 9.47 Å². The Morgan fingerprint density at radius 3 is 1.03 bits per heavy atom. The number of methoxy groups -OCH3 is 2. The minimum atomic E-state index is 0.896. The molecule has 0 radical (unpaired) electrons. The monoisotopic (exact) mass is 460 g/mol. The second kappa shape index (κ2) is 22.6. The summed E-state index contributed by atoms with van der Waals surface area (Å²) in [5.74, 6) is 1.79. The Morgan fingerprint density at radius 1 is 0.424 bits per heavy atom. The molecule has 0 saturated heterocycles. The fraction of sp³-hybridized carbons (Fsp3) is 0.806. The molecule has 2 heteroatoms. The van der Waals surface area contributed by atoms with E-state index in [-0.39, 0.29) is 0 Å². The van der Waals surface area contributed by atoms with Crippen molar-refractivity contribution in [3.8, 4) is 11.5 Å². The summed E-state index contributed by atoms with van der Waals surface area (Å²) in [7, 11) is 3.44. The number of hydrogen-bond acceptors (Lipinski definition) is 2. The lowest BCUT2D eigenvalue weighted by Gasteiger charge is -2.08. The zero-order chi connectivity index (χ0) is 23.8. The molecule has 192 valence electrons. The molecule has 33 heavy (non-hydrogen) atoms. The van der Waals surface area contributed by atoms with E-state index < -0.39 is 0 Å². The molecule has 2 nitrogen and oxygen atoms in total. The number of benzene rings is 1. The molecule has 1 aromatic rings. The Hall–Kier alpha value is -1.18. The first-order valence-corrected chi connectivity index (χ1v) is 14.5. The van der Waals surface area contributed by atoms with E-state index in [9.17, 15) is 0 Å². The third-order valence-electron chi connectivity index (χ3n) is 6.98. The quantitative estimate of drug-likeness (QED) is 0.143. The van der Waals surface area contributed by atoms with Crippen LogP contribution in [0.25, 0.3) is 0 Å². The molecule has 0 saturated carbocycles. The van der Waals surface area contributed by atoms with E-state index in [0.717, 1.165) is 17.9 Å². The van der Waals surface area contributed by atoms with Crippen molar-refractivity contribution in [1.82, 2.24) is 0 Å². The summed E-state index contributed by atoms with van der Waals surface area (Å²) in [6, 6.07) is 6.22. The highest BCUT2D eigenvalue weighted by atomic mass is 16.5. The molecule has 0 N–H and O–H groups in total. The highest BCUT2D eigenvalue weighted by Crippen LogP contribution is 2.24. The number of aryl methyl sites for hydroxylation is 1. The third-order valence-corrected chi connectivity index (χ3v) is 6.98. The van der Waals surface area contributed by atoms with Gasteiger partial charge in [-0.05, 0) is 30.5 Å². The summed E-state index contributed by atoms with van der Waals surface area (Å²) < 4.78 is 10.7. The van der Waals surface area contributed by atoms with Gasteiger partial charge in [0.2, 0.25) is 0 Å². The molecule has 0 unspecified atom stereocenters. The van der Waals surface area contributed by atoms with Crippen LogP contribution in [0.1, 0.15) is 147 Å². The Kier molecular flexibility index (Phi) is 20.4. The Balaban J connectivity index is 1.79. The van der Waals surface area contributed by atoms with E-state index >= 15 is 0 Å².